The lowest BCUT2D eigenvalue weighted by Gasteiger charge is -2.31. The molecule has 2 aliphatic rings. The lowest BCUT2D eigenvalue weighted by molar-refractivity contribution is 0.0678. The Hall–Kier alpha value is -2.14. The number of fused-ring (bicyclic) bond motifs is 1. The number of rotatable bonds is 5. The summed E-state index contributed by atoms with van der Waals surface area (Å²) < 4.78 is 7.48. The fourth-order valence-corrected chi connectivity index (χ4v) is 3.67. The summed E-state index contributed by atoms with van der Waals surface area (Å²) in [6.45, 7) is 4.89. The summed E-state index contributed by atoms with van der Waals surface area (Å²) in [5.41, 5.74) is 4.13. The average Bonchev–Trinajstić information content (AvgIpc) is 3.31. The highest BCUT2D eigenvalue weighted by atomic mass is 16.5. The van der Waals surface area contributed by atoms with Gasteiger partial charge in [-0.3, -0.25) is 9.48 Å². The Morgan fingerprint density at radius 1 is 1.36 bits per heavy atom. The van der Waals surface area contributed by atoms with Gasteiger partial charge in [-0.1, -0.05) is 17.7 Å². The minimum atomic E-state index is 0.0883. The SMILES string of the molecule is COC[C@H]1CN(C(=O)c2cccc(C)c2)Cc2cn(CC3CC3)nc21. The number of hydrogen-bond donors (Lipinski definition) is 0. The van der Waals surface area contributed by atoms with Crippen molar-refractivity contribution in [2.24, 2.45) is 5.92 Å². The van der Waals surface area contributed by atoms with Gasteiger partial charge in [-0.2, -0.15) is 5.10 Å². The van der Waals surface area contributed by atoms with Crippen molar-refractivity contribution in [2.45, 2.75) is 38.8 Å². The number of ether oxygens (including phenoxy) is 1. The van der Waals surface area contributed by atoms with Gasteiger partial charge in [0.1, 0.15) is 0 Å². The minimum Gasteiger partial charge on any atom is -0.384 e. The van der Waals surface area contributed by atoms with Gasteiger partial charge in [-0.05, 0) is 37.8 Å². The Labute approximate surface area is 148 Å². The summed E-state index contributed by atoms with van der Waals surface area (Å²) in [6, 6.07) is 7.81. The predicted octanol–water partition coefficient (Wildman–Crippen LogP) is 2.99. The molecular formula is C20H25N3O2. The lowest BCUT2D eigenvalue weighted by atomic mass is 9.96. The van der Waals surface area contributed by atoms with Crippen LogP contribution >= 0.6 is 0 Å². The third-order valence-corrected chi connectivity index (χ3v) is 5.12. The van der Waals surface area contributed by atoms with Crippen LogP contribution in [0.25, 0.3) is 0 Å². The molecule has 0 N–H and O–H groups in total. The first-order chi connectivity index (χ1) is 12.1. The summed E-state index contributed by atoms with van der Waals surface area (Å²) in [6.07, 6.45) is 4.75. The zero-order chi connectivity index (χ0) is 17.4. The van der Waals surface area contributed by atoms with E-state index in [9.17, 15) is 4.79 Å². The van der Waals surface area contributed by atoms with Gasteiger partial charge >= 0.3 is 0 Å². The Morgan fingerprint density at radius 2 is 2.20 bits per heavy atom. The number of aromatic nitrogens is 2. The van der Waals surface area contributed by atoms with Crippen LogP contribution in [0.5, 0.6) is 0 Å². The van der Waals surface area contributed by atoms with Gasteiger partial charge in [-0.25, -0.2) is 0 Å². The third-order valence-electron chi connectivity index (χ3n) is 5.12. The summed E-state index contributed by atoms with van der Waals surface area (Å²) in [5.74, 6) is 1.01. The van der Waals surface area contributed by atoms with Crippen LogP contribution in [0.15, 0.2) is 30.5 Å². The van der Waals surface area contributed by atoms with E-state index in [4.69, 9.17) is 9.84 Å². The van der Waals surface area contributed by atoms with Crippen molar-refractivity contribution in [2.75, 3.05) is 20.3 Å². The first-order valence-corrected chi connectivity index (χ1v) is 9.05. The molecule has 2 heterocycles. The molecule has 1 aromatic heterocycles. The molecule has 0 unspecified atom stereocenters. The molecule has 5 nitrogen and oxygen atoms in total. The quantitative estimate of drug-likeness (QED) is 0.841. The molecule has 1 fully saturated rings. The smallest absolute Gasteiger partial charge is 0.254 e. The van der Waals surface area contributed by atoms with Gasteiger partial charge in [0.2, 0.25) is 0 Å². The van der Waals surface area contributed by atoms with Crippen LogP contribution in [0.2, 0.25) is 0 Å². The molecule has 1 amide bonds. The molecule has 0 saturated heterocycles. The van der Waals surface area contributed by atoms with Gasteiger partial charge in [0.05, 0.1) is 12.3 Å². The van der Waals surface area contributed by atoms with Gasteiger partial charge in [0.15, 0.2) is 0 Å². The maximum Gasteiger partial charge on any atom is 0.254 e. The average molecular weight is 339 g/mol. The predicted molar refractivity (Wildman–Crippen MR) is 95.5 cm³/mol. The van der Waals surface area contributed by atoms with E-state index in [-0.39, 0.29) is 11.8 Å². The van der Waals surface area contributed by atoms with Crippen molar-refractivity contribution in [3.05, 3.63) is 52.8 Å². The highest BCUT2D eigenvalue weighted by Gasteiger charge is 2.32. The molecular weight excluding hydrogens is 314 g/mol. The summed E-state index contributed by atoms with van der Waals surface area (Å²) >= 11 is 0. The number of aryl methyl sites for hydroxylation is 1. The molecule has 1 aromatic carbocycles. The third kappa shape index (κ3) is 3.47. The second kappa shape index (κ2) is 6.64. The van der Waals surface area contributed by atoms with Crippen molar-refractivity contribution >= 4 is 5.91 Å². The Kier molecular flexibility index (Phi) is 4.34. The summed E-state index contributed by atoms with van der Waals surface area (Å²) in [4.78, 5) is 14.9. The molecule has 1 atom stereocenters. The molecule has 4 rings (SSSR count). The van der Waals surface area contributed by atoms with Crippen molar-refractivity contribution in [1.82, 2.24) is 14.7 Å². The minimum absolute atomic E-state index is 0.0883. The first-order valence-electron chi connectivity index (χ1n) is 9.05. The van der Waals surface area contributed by atoms with Crippen molar-refractivity contribution in [3.8, 4) is 0 Å². The molecule has 2 aromatic rings. The largest absolute Gasteiger partial charge is 0.384 e. The van der Waals surface area contributed by atoms with Crippen LogP contribution < -0.4 is 0 Å². The zero-order valence-corrected chi connectivity index (χ0v) is 14.9. The van der Waals surface area contributed by atoms with Crippen molar-refractivity contribution in [3.63, 3.8) is 0 Å². The Bertz CT molecular complexity index is 779. The van der Waals surface area contributed by atoms with Crippen molar-refractivity contribution in [1.29, 1.82) is 0 Å². The maximum atomic E-state index is 13.0. The van der Waals surface area contributed by atoms with E-state index < -0.39 is 0 Å². The zero-order valence-electron chi connectivity index (χ0n) is 14.9. The van der Waals surface area contributed by atoms with E-state index in [1.54, 1.807) is 7.11 Å². The molecule has 0 radical (unpaired) electrons. The van der Waals surface area contributed by atoms with Crippen LogP contribution in [0, 0.1) is 12.8 Å². The van der Waals surface area contributed by atoms with Gasteiger partial charge < -0.3 is 9.64 Å². The fraction of sp³-hybridized carbons (Fsp3) is 0.500. The maximum absolute atomic E-state index is 13.0. The topological polar surface area (TPSA) is 47.4 Å². The second-order valence-corrected chi connectivity index (χ2v) is 7.41. The molecule has 25 heavy (non-hydrogen) atoms. The highest BCUT2D eigenvalue weighted by Crippen LogP contribution is 2.33. The number of nitrogens with zero attached hydrogens (tertiary/aromatic N) is 3. The number of hydrogen-bond acceptors (Lipinski definition) is 3. The lowest BCUT2D eigenvalue weighted by Crippen LogP contribution is -2.39. The number of amides is 1. The molecule has 1 aliphatic carbocycles. The van der Waals surface area contributed by atoms with E-state index in [1.807, 2.05) is 36.1 Å². The molecule has 0 spiro atoms. The Balaban J connectivity index is 1.58. The van der Waals surface area contributed by atoms with E-state index in [0.717, 1.165) is 34.8 Å². The van der Waals surface area contributed by atoms with Gasteiger partial charge in [-0.15, -0.1) is 0 Å². The fourth-order valence-electron chi connectivity index (χ4n) is 3.67. The van der Waals surface area contributed by atoms with Crippen LogP contribution in [-0.4, -0.2) is 40.8 Å². The second-order valence-electron chi connectivity index (χ2n) is 7.41. The van der Waals surface area contributed by atoms with E-state index >= 15 is 0 Å². The molecule has 5 heteroatoms. The standard InChI is InChI=1S/C20H25N3O2/c1-14-4-3-5-16(8-14)20(24)22-10-17-12-23(9-15-6-7-15)21-19(17)18(11-22)13-25-2/h3-5,8,12,15,18H,6-7,9-11,13H2,1-2H3/t18-/m1/s1. The van der Waals surface area contributed by atoms with E-state index in [0.29, 0.717) is 19.7 Å². The molecule has 1 saturated carbocycles. The van der Waals surface area contributed by atoms with Gasteiger partial charge in [0.25, 0.3) is 5.91 Å². The van der Waals surface area contributed by atoms with Crippen LogP contribution in [0.3, 0.4) is 0 Å². The summed E-state index contributed by atoms with van der Waals surface area (Å²) in [7, 11) is 1.71. The molecule has 132 valence electrons. The molecule has 0 bridgehead atoms. The Morgan fingerprint density at radius 3 is 2.92 bits per heavy atom. The van der Waals surface area contributed by atoms with Crippen LogP contribution in [0.1, 0.15) is 45.9 Å². The van der Waals surface area contributed by atoms with E-state index in [1.165, 1.54) is 12.8 Å². The molecule has 1 aliphatic heterocycles. The van der Waals surface area contributed by atoms with E-state index in [2.05, 4.69) is 10.9 Å². The summed E-state index contributed by atoms with van der Waals surface area (Å²) in [5, 5.41) is 4.81. The van der Waals surface area contributed by atoms with Crippen LogP contribution in [0.4, 0.5) is 0 Å². The van der Waals surface area contributed by atoms with Gasteiger partial charge in [0, 0.05) is 50.0 Å². The first kappa shape index (κ1) is 16.3. The van der Waals surface area contributed by atoms with Crippen molar-refractivity contribution < 1.29 is 9.53 Å². The van der Waals surface area contributed by atoms with Crippen LogP contribution in [-0.2, 0) is 17.8 Å². The number of carbonyl (C=O) groups is 1. The number of carbonyl (C=O) groups excluding carboxylic acids is 1. The number of benzene rings is 1. The highest BCUT2D eigenvalue weighted by molar-refractivity contribution is 5.94. The monoisotopic (exact) mass is 339 g/mol. The number of methoxy groups -OCH3 is 1. The normalized spacial score (nSPS) is 19.8.